The Morgan fingerprint density at radius 2 is 2.00 bits per heavy atom. The fourth-order valence-electron chi connectivity index (χ4n) is 2.56. The van der Waals surface area contributed by atoms with Crippen molar-refractivity contribution in [2.45, 2.75) is 25.9 Å². The van der Waals surface area contributed by atoms with Gasteiger partial charge in [-0.15, -0.1) is 11.3 Å². The summed E-state index contributed by atoms with van der Waals surface area (Å²) in [5.41, 5.74) is 5.87. The molecule has 0 aliphatic heterocycles. The summed E-state index contributed by atoms with van der Waals surface area (Å²) in [6.45, 7) is 3.51. The highest BCUT2D eigenvalue weighted by Crippen LogP contribution is 2.35. The molecule has 1 unspecified atom stereocenters. The summed E-state index contributed by atoms with van der Waals surface area (Å²) in [5.74, 6) is -3.83. The molecule has 0 saturated heterocycles. The van der Waals surface area contributed by atoms with E-state index in [1.165, 1.54) is 16.0 Å². The third-order valence-electron chi connectivity index (χ3n) is 3.61. The summed E-state index contributed by atoms with van der Waals surface area (Å²) >= 11 is 1.27. The second kappa shape index (κ2) is 6.52. The molecule has 0 saturated carbocycles. The number of halogens is 3. The van der Waals surface area contributed by atoms with Gasteiger partial charge in [-0.25, -0.2) is 14.6 Å². The van der Waals surface area contributed by atoms with Crippen molar-refractivity contribution in [3.63, 3.8) is 0 Å². The molecule has 2 N–H and O–H groups in total. The first-order chi connectivity index (χ1) is 12.2. The van der Waals surface area contributed by atoms with Crippen molar-refractivity contribution in [3.8, 4) is 16.5 Å². The Labute approximate surface area is 150 Å². The molecular weight excluding hydrogens is 367 g/mol. The van der Waals surface area contributed by atoms with Crippen molar-refractivity contribution in [2.24, 2.45) is 5.73 Å². The third kappa shape index (κ3) is 3.45. The highest BCUT2D eigenvalue weighted by molar-refractivity contribution is 7.13. The zero-order valence-electron chi connectivity index (χ0n) is 13.8. The Kier molecular flexibility index (Phi) is 4.53. The van der Waals surface area contributed by atoms with Gasteiger partial charge in [0.15, 0.2) is 17.6 Å². The topological polar surface area (TPSA) is 86.7 Å². The van der Waals surface area contributed by atoms with Crippen LogP contribution in [0.5, 0.6) is 0 Å². The standard InChI is InChI=1S/C16H14F3N5OS/c1-8-6-9(2)24(23-8)12-7-10(13(14(20)25)16(17,18)19)21-15(22-12)11-4-3-5-26-11/h3-7,13H,1-2H3,(H2,20,25). The maximum atomic E-state index is 13.4. The van der Waals surface area contributed by atoms with Crippen LogP contribution in [0.3, 0.4) is 0 Å². The summed E-state index contributed by atoms with van der Waals surface area (Å²) < 4.78 is 41.5. The first-order valence-corrected chi connectivity index (χ1v) is 8.37. The summed E-state index contributed by atoms with van der Waals surface area (Å²) in [4.78, 5) is 20.3. The normalized spacial score (nSPS) is 13.0. The van der Waals surface area contributed by atoms with Gasteiger partial charge in [-0.1, -0.05) is 6.07 Å². The molecule has 0 bridgehead atoms. The SMILES string of the molecule is Cc1cc(C)n(-c2cc(C(C(N)=O)C(F)(F)F)nc(-c3cccs3)n2)n1. The van der Waals surface area contributed by atoms with Crippen LogP contribution >= 0.6 is 11.3 Å². The lowest BCUT2D eigenvalue weighted by molar-refractivity contribution is -0.163. The number of hydrogen-bond acceptors (Lipinski definition) is 5. The zero-order valence-corrected chi connectivity index (χ0v) is 14.6. The van der Waals surface area contributed by atoms with Gasteiger partial charge in [0.25, 0.3) is 0 Å². The number of nitrogens with two attached hydrogens (primary N) is 1. The molecule has 0 radical (unpaired) electrons. The molecule has 10 heteroatoms. The molecule has 136 valence electrons. The third-order valence-corrected chi connectivity index (χ3v) is 4.47. The lowest BCUT2D eigenvalue weighted by Crippen LogP contribution is -2.34. The molecule has 3 rings (SSSR count). The number of nitrogens with zero attached hydrogens (tertiary/aromatic N) is 4. The Morgan fingerprint density at radius 1 is 1.27 bits per heavy atom. The first-order valence-electron chi connectivity index (χ1n) is 7.49. The number of alkyl halides is 3. The van der Waals surface area contributed by atoms with Gasteiger partial charge in [-0.3, -0.25) is 4.79 Å². The van der Waals surface area contributed by atoms with E-state index in [9.17, 15) is 18.0 Å². The van der Waals surface area contributed by atoms with Gasteiger partial charge in [0.1, 0.15) is 0 Å². The molecule has 3 aromatic rings. The van der Waals surface area contributed by atoms with E-state index in [0.717, 1.165) is 6.07 Å². The van der Waals surface area contributed by atoms with E-state index in [-0.39, 0.29) is 11.6 Å². The average molecular weight is 381 g/mol. The molecule has 3 heterocycles. The van der Waals surface area contributed by atoms with Gasteiger partial charge in [0.2, 0.25) is 5.91 Å². The van der Waals surface area contributed by atoms with E-state index in [1.54, 1.807) is 37.4 Å². The number of aromatic nitrogens is 4. The zero-order chi connectivity index (χ0) is 19.1. The minimum atomic E-state index is -4.86. The molecule has 3 aromatic heterocycles. The fourth-order valence-corrected chi connectivity index (χ4v) is 3.22. The van der Waals surface area contributed by atoms with Crippen molar-refractivity contribution in [2.75, 3.05) is 0 Å². The van der Waals surface area contributed by atoms with Crippen molar-refractivity contribution in [1.29, 1.82) is 0 Å². The van der Waals surface area contributed by atoms with Crippen LogP contribution in [0.25, 0.3) is 16.5 Å². The molecule has 1 amide bonds. The summed E-state index contributed by atoms with van der Waals surface area (Å²) in [5, 5.41) is 6.00. The predicted molar refractivity (Wildman–Crippen MR) is 89.9 cm³/mol. The van der Waals surface area contributed by atoms with Crippen LogP contribution < -0.4 is 5.73 Å². The maximum Gasteiger partial charge on any atom is 0.406 e. The number of carbonyl (C=O) groups is 1. The summed E-state index contributed by atoms with van der Waals surface area (Å²) in [6, 6.07) is 6.28. The molecule has 0 aliphatic carbocycles. The van der Waals surface area contributed by atoms with Crippen LogP contribution in [0.15, 0.2) is 29.6 Å². The van der Waals surface area contributed by atoms with Crippen molar-refractivity contribution < 1.29 is 18.0 Å². The largest absolute Gasteiger partial charge is 0.406 e. The number of carbonyl (C=O) groups excluding carboxylic acids is 1. The van der Waals surface area contributed by atoms with E-state index in [2.05, 4.69) is 15.1 Å². The molecule has 26 heavy (non-hydrogen) atoms. The smallest absolute Gasteiger partial charge is 0.369 e. The highest BCUT2D eigenvalue weighted by atomic mass is 32.1. The Morgan fingerprint density at radius 3 is 2.50 bits per heavy atom. The lowest BCUT2D eigenvalue weighted by Gasteiger charge is -2.18. The minimum absolute atomic E-state index is 0.0792. The van der Waals surface area contributed by atoms with Gasteiger partial charge in [0.05, 0.1) is 16.3 Å². The number of rotatable bonds is 4. The van der Waals surface area contributed by atoms with Crippen LogP contribution in [0.1, 0.15) is 23.0 Å². The van der Waals surface area contributed by atoms with Gasteiger partial charge < -0.3 is 5.73 Å². The number of thiophene rings is 1. The number of aryl methyl sites for hydroxylation is 2. The number of primary amides is 1. The second-order valence-corrected chi connectivity index (χ2v) is 6.62. The van der Waals surface area contributed by atoms with E-state index in [4.69, 9.17) is 5.73 Å². The van der Waals surface area contributed by atoms with Crippen molar-refractivity contribution in [3.05, 3.63) is 46.7 Å². The van der Waals surface area contributed by atoms with Crippen LogP contribution in [-0.2, 0) is 4.79 Å². The van der Waals surface area contributed by atoms with Crippen LogP contribution in [0.2, 0.25) is 0 Å². The molecule has 0 spiro atoms. The molecule has 0 aliphatic rings. The first kappa shape index (κ1) is 18.1. The van der Waals surface area contributed by atoms with E-state index in [1.807, 2.05) is 0 Å². The Bertz CT molecular complexity index is 949. The second-order valence-electron chi connectivity index (χ2n) is 5.67. The van der Waals surface area contributed by atoms with Gasteiger partial charge in [0, 0.05) is 11.8 Å². The van der Waals surface area contributed by atoms with E-state index in [0.29, 0.717) is 16.3 Å². The molecule has 1 atom stereocenters. The highest BCUT2D eigenvalue weighted by Gasteiger charge is 2.46. The van der Waals surface area contributed by atoms with E-state index >= 15 is 0 Å². The van der Waals surface area contributed by atoms with Crippen molar-refractivity contribution >= 4 is 17.2 Å². The van der Waals surface area contributed by atoms with Gasteiger partial charge in [-0.2, -0.15) is 18.3 Å². The van der Waals surface area contributed by atoms with Gasteiger partial charge >= 0.3 is 6.18 Å². The van der Waals surface area contributed by atoms with Gasteiger partial charge in [-0.05, 0) is 31.4 Å². The molecule has 0 aromatic carbocycles. The summed E-state index contributed by atoms with van der Waals surface area (Å²) in [6.07, 6.45) is -4.86. The van der Waals surface area contributed by atoms with Crippen LogP contribution in [-0.4, -0.2) is 31.8 Å². The average Bonchev–Trinajstić information content (AvgIpc) is 3.14. The Balaban J connectivity index is 2.24. The monoisotopic (exact) mass is 381 g/mol. The summed E-state index contributed by atoms with van der Waals surface area (Å²) in [7, 11) is 0. The molecule has 0 fully saturated rings. The van der Waals surface area contributed by atoms with E-state index < -0.39 is 23.7 Å². The predicted octanol–water partition coefficient (Wildman–Crippen LogP) is 3.14. The number of amides is 1. The fraction of sp³-hybridized carbons (Fsp3) is 0.250. The molecular formula is C16H14F3N5OS. The van der Waals surface area contributed by atoms with Crippen LogP contribution in [0, 0.1) is 13.8 Å². The maximum absolute atomic E-state index is 13.4. The van der Waals surface area contributed by atoms with Crippen molar-refractivity contribution in [1.82, 2.24) is 19.7 Å². The van der Waals surface area contributed by atoms with Crippen LogP contribution in [0.4, 0.5) is 13.2 Å². The quantitative estimate of drug-likeness (QED) is 0.752. The number of hydrogen-bond donors (Lipinski definition) is 1. The Hall–Kier alpha value is -2.75. The molecule has 6 nitrogen and oxygen atoms in total. The lowest BCUT2D eigenvalue weighted by atomic mass is 10.0. The minimum Gasteiger partial charge on any atom is -0.369 e.